The molecule has 0 saturated carbocycles. The third kappa shape index (κ3) is 4.33. The van der Waals surface area contributed by atoms with Crippen LogP contribution >= 0.6 is 11.8 Å². The van der Waals surface area contributed by atoms with Gasteiger partial charge in [0.2, 0.25) is 5.95 Å². The van der Waals surface area contributed by atoms with Gasteiger partial charge in [-0.15, -0.1) is 11.8 Å². The quantitative estimate of drug-likeness (QED) is 0.840. The van der Waals surface area contributed by atoms with Crippen molar-refractivity contribution in [2.75, 3.05) is 37.6 Å². The van der Waals surface area contributed by atoms with Crippen LogP contribution in [-0.2, 0) is 5.75 Å². The van der Waals surface area contributed by atoms with E-state index in [0.717, 1.165) is 43.4 Å². The molecule has 2 aromatic rings. The standard InChI is InChI=1S/C16H21N5OS/c1-2-20-7-9-21(10-8-20)16-18-13(11-14(22)19-16)12-23-15-5-3-4-6-17-15/h3-6,11H,2,7-10,12H2,1H3,(H,18,19,22). The molecule has 3 rings (SSSR count). The number of nitrogens with one attached hydrogen (secondary N) is 1. The van der Waals surface area contributed by atoms with Crippen molar-refractivity contribution in [3.8, 4) is 0 Å². The highest BCUT2D eigenvalue weighted by Gasteiger charge is 2.18. The van der Waals surface area contributed by atoms with Crippen LogP contribution in [0.4, 0.5) is 5.95 Å². The van der Waals surface area contributed by atoms with E-state index >= 15 is 0 Å². The van der Waals surface area contributed by atoms with E-state index in [4.69, 9.17) is 0 Å². The molecule has 1 fully saturated rings. The van der Waals surface area contributed by atoms with Gasteiger partial charge in [0.15, 0.2) is 0 Å². The molecule has 1 aliphatic rings. The average Bonchev–Trinajstić information content (AvgIpc) is 2.60. The molecule has 122 valence electrons. The molecule has 6 nitrogen and oxygen atoms in total. The normalized spacial score (nSPS) is 15.8. The number of piperazine rings is 1. The number of rotatable bonds is 5. The van der Waals surface area contributed by atoms with E-state index in [9.17, 15) is 4.79 Å². The lowest BCUT2D eigenvalue weighted by molar-refractivity contribution is 0.270. The number of aromatic nitrogens is 3. The van der Waals surface area contributed by atoms with Crippen LogP contribution in [0.15, 0.2) is 40.3 Å². The molecular formula is C16H21N5OS. The third-order valence-corrected chi connectivity index (χ3v) is 4.88. The predicted molar refractivity (Wildman–Crippen MR) is 93.0 cm³/mol. The second kappa shape index (κ2) is 7.61. The number of hydrogen-bond acceptors (Lipinski definition) is 6. The topological polar surface area (TPSA) is 65.1 Å². The fraction of sp³-hybridized carbons (Fsp3) is 0.438. The van der Waals surface area contributed by atoms with E-state index in [0.29, 0.717) is 11.7 Å². The number of hydrogen-bond donors (Lipinski definition) is 1. The van der Waals surface area contributed by atoms with Gasteiger partial charge in [-0.2, -0.15) is 0 Å². The van der Waals surface area contributed by atoms with Crippen LogP contribution in [0.5, 0.6) is 0 Å². The van der Waals surface area contributed by atoms with Gasteiger partial charge in [-0.25, -0.2) is 9.97 Å². The zero-order valence-electron chi connectivity index (χ0n) is 13.2. The number of H-pyrrole nitrogens is 1. The Morgan fingerprint density at radius 3 is 2.78 bits per heavy atom. The maximum absolute atomic E-state index is 11.9. The summed E-state index contributed by atoms with van der Waals surface area (Å²) in [4.78, 5) is 28.3. The van der Waals surface area contributed by atoms with Crippen molar-refractivity contribution in [2.24, 2.45) is 0 Å². The molecule has 7 heteroatoms. The largest absolute Gasteiger partial charge is 0.340 e. The molecular weight excluding hydrogens is 310 g/mol. The predicted octanol–water partition coefficient (Wildman–Crippen LogP) is 1.60. The summed E-state index contributed by atoms with van der Waals surface area (Å²) in [6, 6.07) is 7.38. The molecule has 1 aliphatic heterocycles. The maximum atomic E-state index is 11.9. The zero-order chi connectivity index (χ0) is 16.1. The second-order valence-corrected chi connectivity index (χ2v) is 6.43. The fourth-order valence-electron chi connectivity index (χ4n) is 2.57. The van der Waals surface area contributed by atoms with Crippen molar-refractivity contribution >= 4 is 17.7 Å². The van der Waals surface area contributed by atoms with Crippen molar-refractivity contribution in [2.45, 2.75) is 17.7 Å². The van der Waals surface area contributed by atoms with Gasteiger partial charge < -0.3 is 9.80 Å². The smallest absolute Gasteiger partial charge is 0.252 e. The summed E-state index contributed by atoms with van der Waals surface area (Å²) in [7, 11) is 0. The molecule has 0 bridgehead atoms. The van der Waals surface area contributed by atoms with Crippen LogP contribution in [-0.4, -0.2) is 52.6 Å². The van der Waals surface area contributed by atoms with Gasteiger partial charge in [-0.05, 0) is 18.7 Å². The molecule has 0 unspecified atom stereocenters. The first kappa shape index (κ1) is 16.0. The number of pyridine rings is 1. The summed E-state index contributed by atoms with van der Waals surface area (Å²) in [5, 5.41) is 0.938. The Morgan fingerprint density at radius 1 is 1.26 bits per heavy atom. The van der Waals surface area contributed by atoms with Gasteiger partial charge in [0.05, 0.1) is 10.7 Å². The van der Waals surface area contributed by atoms with Crippen molar-refractivity contribution < 1.29 is 0 Å². The van der Waals surface area contributed by atoms with Crippen LogP contribution in [0.25, 0.3) is 0 Å². The highest BCUT2D eigenvalue weighted by atomic mass is 32.2. The first-order chi connectivity index (χ1) is 11.2. The number of nitrogens with zero attached hydrogens (tertiary/aromatic N) is 4. The first-order valence-electron chi connectivity index (χ1n) is 7.86. The Hall–Kier alpha value is -1.86. The van der Waals surface area contributed by atoms with Crippen LogP contribution in [0.3, 0.4) is 0 Å². The molecule has 0 atom stereocenters. The van der Waals surface area contributed by atoms with E-state index in [1.807, 2.05) is 18.2 Å². The second-order valence-electron chi connectivity index (χ2n) is 5.44. The van der Waals surface area contributed by atoms with Crippen LogP contribution in [0.1, 0.15) is 12.6 Å². The monoisotopic (exact) mass is 331 g/mol. The molecule has 0 amide bonds. The number of aromatic amines is 1. The molecule has 3 heterocycles. The SMILES string of the molecule is CCN1CCN(c2nc(CSc3ccccn3)cc(=O)[nH]2)CC1. The molecule has 1 saturated heterocycles. The van der Waals surface area contributed by atoms with E-state index in [1.54, 1.807) is 24.0 Å². The number of anilines is 1. The molecule has 1 N–H and O–H groups in total. The van der Waals surface area contributed by atoms with Gasteiger partial charge >= 0.3 is 0 Å². The van der Waals surface area contributed by atoms with Crippen molar-refractivity contribution in [1.82, 2.24) is 19.9 Å². The molecule has 0 spiro atoms. The van der Waals surface area contributed by atoms with Gasteiger partial charge in [-0.1, -0.05) is 13.0 Å². The summed E-state index contributed by atoms with van der Waals surface area (Å²) in [6.45, 7) is 7.05. The first-order valence-corrected chi connectivity index (χ1v) is 8.84. The van der Waals surface area contributed by atoms with Crippen molar-refractivity contribution in [3.05, 3.63) is 46.5 Å². The highest BCUT2D eigenvalue weighted by Crippen LogP contribution is 2.19. The summed E-state index contributed by atoms with van der Waals surface area (Å²) in [5.41, 5.74) is 0.696. The van der Waals surface area contributed by atoms with Gasteiger partial charge in [-0.3, -0.25) is 9.78 Å². The Bertz CT molecular complexity index is 682. The fourth-order valence-corrected chi connectivity index (χ4v) is 3.33. The lowest BCUT2D eigenvalue weighted by Crippen LogP contribution is -2.47. The lowest BCUT2D eigenvalue weighted by Gasteiger charge is -2.34. The van der Waals surface area contributed by atoms with Crippen LogP contribution in [0.2, 0.25) is 0 Å². The minimum Gasteiger partial charge on any atom is -0.340 e. The van der Waals surface area contributed by atoms with E-state index in [1.165, 1.54) is 0 Å². The number of likely N-dealkylation sites (N-methyl/N-ethyl adjacent to an activating group) is 1. The Labute approximate surface area is 140 Å². The van der Waals surface area contributed by atoms with Crippen molar-refractivity contribution in [1.29, 1.82) is 0 Å². The summed E-state index contributed by atoms with van der Waals surface area (Å²) < 4.78 is 0. The third-order valence-electron chi connectivity index (χ3n) is 3.91. The Kier molecular flexibility index (Phi) is 5.30. The molecule has 0 radical (unpaired) electrons. The average molecular weight is 331 g/mol. The molecule has 2 aromatic heterocycles. The molecule has 0 aliphatic carbocycles. The van der Waals surface area contributed by atoms with E-state index < -0.39 is 0 Å². The number of thioether (sulfide) groups is 1. The minimum atomic E-state index is -0.0930. The minimum absolute atomic E-state index is 0.0930. The van der Waals surface area contributed by atoms with E-state index in [2.05, 4.69) is 31.7 Å². The Morgan fingerprint density at radius 2 is 2.09 bits per heavy atom. The van der Waals surface area contributed by atoms with E-state index in [-0.39, 0.29) is 5.56 Å². The summed E-state index contributed by atoms with van der Waals surface area (Å²) in [5.74, 6) is 1.33. The van der Waals surface area contributed by atoms with Gasteiger partial charge in [0, 0.05) is 44.2 Å². The lowest BCUT2D eigenvalue weighted by atomic mass is 10.3. The summed E-state index contributed by atoms with van der Waals surface area (Å²) in [6.07, 6.45) is 1.77. The van der Waals surface area contributed by atoms with Gasteiger partial charge in [0.25, 0.3) is 5.56 Å². The zero-order valence-corrected chi connectivity index (χ0v) is 14.1. The molecule has 0 aromatic carbocycles. The Balaban J connectivity index is 1.68. The van der Waals surface area contributed by atoms with Crippen LogP contribution in [0, 0.1) is 0 Å². The van der Waals surface area contributed by atoms with Crippen molar-refractivity contribution in [3.63, 3.8) is 0 Å². The molecule has 23 heavy (non-hydrogen) atoms. The maximum Gasteiger partial charge on any atom is 0.252 e. The summed E-state index contributed by atoms with van der Waals surface area (Å²) >= 11 is 1.59. The highest BCUT2D eigenvalue weighted by molar-refractivity contribution is 7.98. The van der Waals surface area contributed by atoms with Gasteiger partial charge in [0.1, 0.15) is 0 Å². The van der Waals surface area contributed by atoms with Crippen LogP contribution < -0.4 is 10.5 Å².